The third-order valence-electron chi connectivity index (χ3n) is 6.13. The Morgan fingerprint density at radius 2 is 1.81 bits per heavy atom. The number of aromatic amines is 1. The van der Waals surface area contributed by atoms with Crippen LogP contribution in [0.5, 0.6) is 0 Å². The Kier molecular flexibility index (Phi) is 5.09. The quantitative estimate of drug-likeness (QED) is 0.418. The molecule has 5 rings (SSSR count). The standard InChI is InChI=1S/C26H27ClN4O/c1-26(2,3)23-22-14-18(15-28-20-10-7-16-5-4-6-17(16)13-20)25(32)29-24(22)31(30-23)21-11-8-19(27)9-12-21/h7-14,28H,4-6,15H2,1-3H3,(H,29,32). The van der Waals surface area contributed by atoms with Gasteiger partial charge in [0.1, 0.15) is 5.65 Å². The normalized spacial score (nSPS) is 13.5. The fraction of sp³-hybridized carbons (Fsp3) is 0.308. The zero-order valence-electron chi connectivity index (χ0n) is 18.6. The minimum atomic E-state index is -0.182. The maximum absolute atomic E-state index is 13.0. The number of aromatic nitrogens is 3. The van der Waals surface area contributed by atoms with Crippen LogP contribution in [-0.2, 0) is 24.8 Å². The van der Waals surface area contributed by atoms with Gasteiger partial charge in [0.2, 0.25) is 0 Å². The van der Waals surface area contributed by atoms with E-state index < -0.39 is 0 Å². The van der Waals surface area contributed by atoms with Crippen molar-refractivity contribution in [3.63, 3.8) is 0 Å². The van der Waals surface area contributed by atoms with E-state index in [-0.39, 0.29) is 11.0 Å². The Labute approximate surface area is 192 Å². The van der Waals surface area contributed by atoms with Crippen molar-refractivity contribution < 1.29 is 0 Å². The van der Waals surface area contributed by atoms with Gasteiger partial charge >= 0.3 is 0 Å². The fourth-order valence-corrected chi connectivity index (χ4v) is 4.57. The lowest BCUT2D eigenvalue weighted by Crippen LogP contribution is -2.17. The molecule has 0 radical (unpaired) electrons. The molecule has 6 heteroatoms. The number of aryl methyl sites for hydroxylation is 2. The number of H-pyrrole nitrogens is 1. The van der Waals surface area contributed by atoms with E-state index in [0.29, 0.717) is 22.8 Å². The Balaban J connectivity index is 1.54. The maximum atomic E-state index is 13.0. The van der Waals surface area contributed by atoms with E-state index in [4.69, 9.17) is 16.7 Å². The highest BCUT2D eigenvalue weighted by Gasteiger charge is 2.24. The van der Waals surface area contributed by atoms with Gasteiger partial charge in [-0.25, -0.2) is 4.68 Å². The van der Waals surface area contributed by atoms with Crippen molar-refractivity contribution >= 4 is 28.3 Å². The Bertz CT molecular complexity index is 1360. The minimum Gasteiger partial charge on any atom is -0.381 e. The molecule has 1 aliphatic rings. The van der Waals surface area contributed by atoms with Crippen molar-refractivity contribution in [1.82, 2.24) is 14.8 Å². The van der Waals surface area contributed by atoms with Gasteiger partial charge < -0.3 is 10.3 Å². The first-order valence-corrected chi connectivity index (χ1v) is 11.4. The van der Waals surface area contributed by atoms with Crippen LogP contribution in [0.3, 0.4) is 0 Å². The number of rotatable bonds is 4. The van der Waals surface area contributed by atoms with E-state index in [0.717, 1.165) is 28.9 Å². The summed E-state index contributed by atoms with van der Waals surface area (Å²) in [7, 11) is 0. The number of benzene rings is 2. The van der Waals surface area contributed by atoms with Gasteiger partial charge in [0.15, 0.2) is 0 Å². The molecule has 2 N–H and O–H groups in total. The van der Waals surface area contributed by atoms with Gasteiger partial charge in [-0.15, -0.1) is 0 Å². The van der Waals surface area contributed by atoms with E-state index in [1.807, 2.05) is 30.3 Å². The molecule has 32 heavy (non-hydrogen) atoms. The lowest BCUT2D eigenvalue weighted by molar-refractivity contribution is 0.565. The monoisotopic (exact) mass is 446 g/mol. The number of pyridine rings is 1. The van der Waals surface area contributed by atoms with Gasteiger partial charge in [0, 0.05) is 33.6 Å². The molecular weight excluding hydrogens is 420 g/mol. The first kappa shape index (κ1) is 20.8. The summed E-state index contributed by atoms with van der Waals surface area (Å²) >= 11 is 6.06. The van der Waals surface area contributed by atoms with Crippen LogP contribution >= 0.6 is 11.6 Å². The molecule has 0 aliphatic heterocycles. The van der Waals surface area contributed by atoms with E-state index in [1.54, 1.807) is 4.68 Å². The molecule has 4 aromatic rings. The predicted molar refractivity (Wildman–Crippen MR) is 131 cm³/mol. The largest absolute Gasteiger partial charge is 0.381 e. The van der Waals surface area contributed by atoms with Crippen molar-refractivity contribution in [2.45, 2.75) is 52.0 Å². The first-order valence-electron chi connectivity index (χ1n) is 11.1. The third-order valence-corrected chi connectivity index (χ3v) is 6.38. The van der Waals surface area contributed by atoms with Crippen molar-refractivity contribution in [3.8, 4) is 5.69 Å². The number of nitrogens with zero attached hydrogens (tertiary/aromatic N) is 2. The number of fused-ring (bicyclic) bond motifs is 2. The molecule has 2 heterocycles. The van der Waals surface area contributed by atoms with Crippen LogP contribution in [0, 0.1) is 0 Å². The van der Waals surface area contributed by atoms with Gasteiger partial charge in [-0.1, -0.05) is 38.4 Å². The highest BCUT2D eigenvalue weighted by atomic mass is 35.5. The molecule has 2 aromatic heterocycles. The van der Waals surface area contributed by atoms with Gasteiger partial charge in [0.25, 0.3) is 5.56 Å². The number of halogens is 1. The topological polar surface area (TPSA) is 62.7 Å². The molecule has 0 atom stereocenters. The molecule has 0 bridgehead atoms. The van der Waals surface area contributed by atoms with Crippen LogP contribution < -0.4 is 10.9 Å². The Morgan fingerprint density at radius 1 is 1.06 bits per heavy atom. The second kappa shape index (κ2) is 7.82. The van der Waals surface area contributed by atoms with E-state index in [1.165, 1.54) is 24.0 Å². The van der Waals surface area contributed by atoms with E-state index >= 15 is 0 Å². The average Bonchev–Trinajstić information content (AvgIpc) is 3.36. The van der Waals surface area contributed by atoms with E-state index in [2.05, 4.69) is 49.3 Å². The summed E-state index contributed by atoms with van der Waals surface area (Å²) in [5, 5.41) is 9.94. The van der Waals surface area contributed by atoms with Crippen molar-refractivity contribution in [2.24, 2.45) is 0 Å². The van der Waals surface area contributed by atoms with Gasteiger partial charge in [-0.05, 0) is 72.9 Å². The molecule has 0 saturated heterocycles. The lowest BCUT2D eigenvalue weighted by Gasteiger charge is -2.15. The average molecular weight is 447 g/mol. The van der Waals surface area contributed by atoms with Gasteiger partial charge in [-0.2, -0.15) is 5.10 Å². The van der Waals surface area contributed by atoms with Gasteiger partial charge in [0.05, 0.1) is 11.4 Å². The molecule has 0 unspecified atom stereocenters. The summed E-state index contributed by atoms with van der Waals surface area (Å²) in [6, 6.07) is 16.0. The summed E-state index contributed by atoms with van der Waals surface area (Å²) in [6.45, 7) is 6.86. The van der Waals surface area contributed by atoms with Crippen LogP contribution in [0.25, 0.3) is 16.7 Å². The van der Waals surface area contributed by atoms with Crippen LogP contribution in [0.2, 0.25) is 5.02 Å². The SMILES string of the molecule is CC(C)(C)c1nn(-c2ccc(Cl)cc2)c2[nH]c(=O)c(CNc3ccc4c(c3)CCC4)cc12. The second-order valence-corrected chi connectivity index (χ2v) is 10.00. The number of hydrogen-bond acceptors (Lipinski definition) is 3. The summed E-state index contributed by atoms with van der Waals surface area (Å²) < 4.78 is 1.80. The van der Waals surface area contributed by atoms with Crippen LogP contribution in [0.15, 0.2) is 53.3 Å². The molecule has 0 fully saturated rings. The molecule has 1 aliphatic carbocycles. The Hall–Kier alpha value is -3.05. The smallest absolute Gasteiger partial charge is 0.254 e. The summed E-state index contributed by atoms with van der Waals surface area (Å²) in [4.78, 5) is 16.1. The fourth-order valence-electron chi connectivity index (χ4n) is 4.45. The molecule has 0 spiro atoms. The molecule has 0 amide bonds. The molecule has 2 aromatic carbocycles. The van der Waals surface area contributed by atoms with Gasteiger partial charge in [-0.3, -0.25) is 4.79 Å². The van der Waals surface area contributed by atoms with Crippen molar-refractivity contribution in [3.05, 3.63) is 86.3 Å². The van der Waals surface area contributed by atoms with Crippen LogP contribution in [-0.4, -0.2) is 14.8 Å². The number of nitrogens with one attached hydrogen (secondary N) is 2. The van der Waals surface area contributed by atoms with E-state index in [9.17, 15) is 4.79 Å². The number of hydrogen-bond donors (Lipinski definition) is 2. The highest BCUT2D eigenvalue weighted by Crippen LogP contribution is 2.30. The lowest BCUT2D eigenvalue weighted by atomic mass is 9.90. The molecule has 0 saturated carbocycles. The minimum absolute atomic E-state index is 0.110. The summed E-state index contributed by atoms with van der Waals surface area (Å²) in [5.41, 5.74) is 6.81. The molecular formula is C26H27ClN4O. The Morgan fingerprint density at radius 3 is 2.56 bits per heavy atom. The third kappa shape index (κ3) is 3.82. The molecule has 5 nitrogen and oxygen atoms in total. The summed E-state index contributed by atoms with van der Waals surface area (Å²) in [6.07, 6.45) is 3.53. The first-order chi connectivity index (χ1) is 15.3. The predicted octanol–water partition coefficient (Wildman–Crippen LogP) is 5.77. The van der Waals surface area contributed by atoms with Crippen molar-refractivity contribution in [2.75, 3.05) is 5.32 Å². The molecule has 164 valence electrons. The summed E-state index contributed by atoms with van der Waals surface area (Å²) in [5.74, 6) is 0. The zero-order chi connectivity index (χ0) is 22.5. The highest BCUT2D eigenvalue weighted by molar-refractivity contribution is 6.30. The maximum Gasteiger partial charge on any atom is 0.254 e. The van der Waals surface area contributed by atoms with Crippen LogP contribution in [0.4, 0.5) is 5.69 Å². The zero-order valence-corrected chi connectivity index (χ0v) is 19.4. The van der Waals surface area contributed by atoms with Crippen molar-refractivity contribution in [1.29, 1.82) is 0 Å². The second-order valence-electron chi connectivity index (χ2n) is 9.56. The van der Waals surface area contributed by atoms with Crippen LogP contribution in [0.1, 0.15) is 49.6 Å². The number of anilines is 1.